The molecule has 2 fully saturated rings. The maximum absolute atomic E-state index is 14.4. The number of nitrogens with zero attached hydrogens (tertiary/aromatic N) is 3. The molecule has 4 rings (SSSR count). The maximum Gasteiger partial charge on any atom is 0.256 e. The number of hydrogen-bond donors (Lipinski definition) is 0. The number of aromatic nitrogens is 1. The summed E-state index contributed by atoms with van der Waals surface area (Å²) < 4.78 is 14.4. The quantitative estimate of drug-likeness (QED) is 0.752. The van der Waals surface area contributed by atoms with E-state index in [1.54, 1.807) is 42.4 Å². The van der Waals surface area contributed by atoms with E-state index >= 15 is 0 Å². The van der Waals surface area contributed by atoms with E-state index in [9.17, 15) is 14.0 Å². The third kappa shape index (κ3) is 4.78. The second-order valence-corrected chi connectivity index (χ2v) is 9.03. The van der Waals surface area contributed by atoms with Gasteiger partial charge in [-0.25, -0.2) is 4.39 Å². The maximum atomic E-state index is 14.4. The highest BCUT2D eigenvalue weighted by Crippen LogP contribution is 2.32. The lowest BCUT2D eigenvalue weighted by molar-refractivity contribution is -0.132. The molecule has 0 aliphatic carbocycles. The van der Waals surface area contributed by atoms with E-state index in [0.717, 1.165) is 43.5 Å². The molecule has 0 bridgehead atoms. The van der Waals surface area contributed by atoms with Crippen molar-refractivity contribution in [3.05, 3.63) is 64.7 Å². The van der Waals surface area contributed by atoms with Crippen LogP contribution in [0.1, 0.15) is 46.3 Å². The Morgan fingerprint density at radius 3 is 2.65 bits per heavy atom. The molecule has 6 heteroatoms. The molecule has 1 aromatic heterocycles. The van der Waals surface area contributed by atoms with Crippen LogP contribution in [0.2, 0.25) is 0 Å². The average molecular weight is 424 g/mol. The Hall–Kier alpha value is -2.76. The minimum absolute atomic E-state index is 0.143. The summed E-state index contributed by atoms with van der Waals surface area (Å²) in [6.45, 7) is 6.48. The Morgan fingerprint density at radius 2 is 1.84 bits per heavy atom. The van der Waals surface area contributed by atoms with Crippen LogP contribution < -0.4 is 0 Å². The normalized spacial score (nSPS) is 21.4. The number of carbonyl (C=O) groups is 2. The van der Waals surface area contributed by atoms with Gasteiger partial charge in [-0.2, -0.15) is 0 Å². The number of rotatable bonds is 4. The molecule has 2 saturated heterocycles. The predicted octanol–water partition coefficient (Wildman–Crippen LogP) is 3.78. The Labute approximate surface area is 183 Å². The van der Waals surface area contributed by atoms with Gasteiger partial charge in [-0.05, 0) is 67.7 Å². The molecule has 2 amide bonds. The molecule has 31 heavy (non-hydrogen) atoms. The molecule has 2 aliphatic heterocycles. The second-order valence-electron chi connectivity index (χ2n) is 9.03. The van der Waals surface area contributed by atoms with Crippen molar-refractivity contribution in [3.63, 3.8) is 0 Å². The Kier molecular flexibility index (Phi) is 6.35. The van der Waals surface area contributed by atoms with Crippen molar-refractivity contribution in [2.45, 2.75) is 39.5 Å². The van der Waals surface area contributed by atoms with Gasteiger partial charge in [0.1, 0.15) is 5.82 Å². The molecular weight excluding hydrogens is 393 g/mol. The smallest absolute Gasteiger partial charge is 0.256 e. The van der Waals surface area contributed by atoms with Crippen molar-refractivity contribution in [1.29, 1.82) is 0 Å². The lowest BCUT2D eigenvalue weighted by Gasteiger charge is -2.36. The minimum atomic E-state index is -0.420. The number of amides is 2. The SMILES string of the molecule is Cc1cncc(CC(=O)N2CCCC(C3CCN(C(=O)c4cccc(C)c4F)C3)C2)c1. The molecule has 5 nitrogen and oxygen atoms in total. The fraction of sp³-hybridized carbons (Fsp3) is 0.480. The zero-order chi connectivity index (χ0) is 22.0. The fourth-order valence-corrected chi connectivity index (χ4v) is 4.96. The average Bonchev–Trinajstić information content (AvgIpc) is 3.26. The van der Waals surface area contributed by atoms with Crippen LogP contribution in [0.4, 0.5) is 4.39 Å². The van der Waals surface area contributed by atoms with E-state index in [0.29, 0.717) is 36.9 Å². The highest BCUT2D eigenvalue weighted by Gasteiger charge is 2.36. The van der Waals surface area contributed by atoms with Gasteiger partial charge in [0.25, 0.3) is 5.91 Å². The summed E-state index contributed by atoms with van der Waals surface area (Å²) in [5, 5.41) is 0. The molecule has 2 aromatic rings. The number of piperidine rings is 1. The van der Waals surface area contributed by atoms with E-state index < -0.39 is 5.82 Å². The molecule has 2 atom stereocenters. The highest BCUT2D eigenvalue weighted by molar-refractivity contribution is 5.94. The molecule has 2 unspecified atom stereocenters. The van der Waals surface area contributed by atoms with Crippen molar-refractivity contribution >= 4 is 11.8 Å². The van der Waals surface area contributed by atoms with E-state index in [-0.39, 0.29) is 17.4 Å². The van der Waals surface area contributed by atoms with Gasteiger partial charge in [0.2, 0.25) is 5.91 Å². The first kappa shape index (κ1) is 21.5. The molecule has 1 aromatic carbocycles. The van der Waals surface area contributed by atoms with Crippen molar-refractivity contribution in [2.75, 3.05) is 26.2 Å². The number of likely N-dealkylation sites (tertiary alicyclic amines) is 2. The summed E-state index contributed by atoms with van der Waals surface area (Å²) >= 11 is 0. The van der Waals surface area contributed by atoms with Crippen LogP contribution in [-0.4, -0.2) is 52.8 Å². The first-order valence-electron chi connectivity index (χ1n) is 11.1. The Bertz CT molecular complexity index is 977. The molecular formula is C25H30FN3O2. The van der Waals surface area contributed by atoms with Crippen LogP contribution >= 0.6 is 0 Å². The van der Waals surface area contributed by atoms with Crippen molar-refractivity contribution in [3.8, 4) is 0 Å². The van der Waals surface area contributed by atoms with Crippen LogP contribution in [0.25, 0.3) is 0 Å². The summed E-state index contributed by atoms with van der Waals surface area (Å²) in [6, 6.07) is 6.99. The van der Waals surface area contributed by atoms with Crippen LogP contribution in [-0.2, 0) is 11.2 Å². The van der Waals surface area contributed by atoms with Gasteiger partial charge in [0, 0.05) is 38.6 Å². The van der Waals surface area contributed by atoms with Gasteiger partial charge >= 0.3 is 0 Å². The summed E-state index contributed by atoms with van der Waals surface area (Å²) in [7, 11) is 0. The van der Waals surface area contributed by atoms with Crippen molar-refractivity contribution in [1.82, 2.24) is 14.8 Å². The molecule has 0 spiro atoms. The third-order valence-corrected chi connectivity index (χ3v) is 6.70. The highest BCUT2D eigenvalue weighted by atomic mass is 19.1. The largest absolute Gasteiger partial charge is 0.342 e. The molecule has 3 heterocycles. The third-order valence-electron chi connectivity index (χ3n) is 6.70. The van der Waals surface area contributed by atoms with E-state index in [2.05, 4.69) is 4.98 Å². The number of pyridine rings is 1. The van der Waals surface area contributed by atoms with Gasteiger partial charge in [-0.3, -0.25) is 14.6 Å². The van der Waals surface area contributed by atoms with Crippen molar-refractivity contribution < 1.29 is 14.0 Å². The Balaban J connectivity index is 1.36. The first-order chi connectivity index (χ1) is 14.9. The van der Waals surface area contributed by atoms with Gasteiger partial charge in [-0.1, -0.05) is 18.2 Å². The van der Waals surface area contributed by atoms with Gasteiger partial charge in [0.15, 0.2) is 0 Å². The van der Waals surface area contributed by atoms with Crippen LogP contribution in [0.15, 0.2) is 36.7 Å². The Morgan fingerprint density at radius 1 is 1.06 bits per heavy atom. The van der Waals surface area contributed by atoms with Gasteiger partial charge in [0.05, 0.1) is 12.0 Å². The number of carbonyl (C=O) groups excluding carboxylic acids is 2. The lowest BCUT2D eigenvalue weighted by atomic mass is 9.84. The standard InChI is InChI=1S/C25H30FN3O2/c1-17-11-19(14-27-13-17)12-23(30)28-9-4-6-20(15-28)21-8-10-29(16-21)25(31)22-7-3-5-18(2)24(22)26/h3,5,7,11,13-14,20-21H,4,6,8-10,12,15-16H2,1-2H3. The molecule has 2 aliphatic rings. The van der Waals surface area contributed by atoms with Crippen LogP contribution in [0.5, 0.6) is 0 Å². The molecule has 164 valence electrons. The summed E-state index contributed by atoms with van der Waals surface area (Å²) in [5.74, 6) is 0.238. The minimum Gasteiger partial charge on any atom is -0.342 e. The zero-order valence-corrected chi connectivity index (χ0v) is 18.3. The lowest BCUT2D eigenvalue weighted by Crippen LogP contribution is -2.43. The number of benzene rings is 1. The number of aryl methyl sites for hydroxylation is 2. The van der Waals surface area contributed by atoms with Crippen LogP contribution in [0.3, 0.4) is 0 Å². The second kappa shape index (κ2) is 9.16. The van der Waals surface area contributed by atoms with Crippen LogP contribution in [0, 0.1) is 31.5 Å². The fourth-order valence-electron chi connectivity index (χ4n) is 4.96. The van der Waals surface area contributed by atoms with Crippen molar-refractivity contribution in [2.24, 2.45) is 11.8 Å². The summed E-state index contributed by atoms with van der Waals surface area (Å²) in [5.41, 5.74) is 2.66. The summed E-state index contributed by atoms with van der Waals surface area (Å²) in [6.07, 6.45) is 6.90. The molecule has 0 radical (unpaired) electrons. The molecule has 0 N–H and O–H groups in total. The molecule has 0 saturated carbocycles. The topological polar surface area (TPSA) is 53.5 Å². The van der Waals surface area contributed by atoms with E-state index in [1.807, 2.05) is 17.9 Å². The number of hydrogen-bond acceptors (Lipinski definition) is 3. The number of halogens is 1. The summed E-state index contributed by atoms with van der Waals surface area (Å²) in [4.78, 5) is 33.7. The van der Waals surface area contributed by atoms with Gasteiger partial charge in [-0.15, -0.1) is 0 Å². The van der Waals surface area contributed by atoms with E-state index in [1.165, 1.54) is 0 Å². The first-order valence-corrected chi connectivity index (χ1v) is 11.1. The zero-order valence-electron chi connectivity index (χ0n) is 18.3. The predicted molar refractivity (Wildman–Crippen MR) is 117 cm³/mol. The monoisotopic (exact) mass is 423 g/mol. The van der Waals surface area contributed by atoms with E-state index in [4.69, 9.17) is 0 Å². The van der Waals surface area contributed by atoms with Gasteiger partial charge < -0.3 is 9.80 Å².